The molecule has 1 saturated heterocycles. The van der Waals surface area contributed by atoms with Crippen LogP contribution in [0.2, 0.25) is 5.02 Å². The van der Waals surface area contributed by atoms with Gasteiger partial charge in [-0.15, -0.1) is 35.3 Å². The summed E-state index contributed by atoms with van der Waals surface area (Å²) in [6, 6.07) is 11.1. The van der Waals surface area contributed by atoms with Crippen molar-refractivity contribution < 1.29 is 8.42 Å². The number of hydrogen-bond donors (Lipinski definition) is 2. The fraction of sp³-hybridized carbons (Fsp3) is 0.353. The van der Waals surface area contributed by atoms with Crippen molar-refractivity contribution in [2.24, 2.45) is 10.7 Å². The molecular weight excluding hydrogens is 533 g/mol. The molecule has 154 valence electrons. The molecule has 2 aromatic rings. The second-order valence-electron chi connectivity index (χ2n) is 6.02. The number of sulfonamides is 1. The van der Waals surface area contributed by atoms with Gasteiger partial charge < -0.3 is 15.5 Å². The van der Waals surface area contributed by atoms with Crippen LogP contribution >= 0.6 is 46.9 Å². The summed E-state index contributed by atoms with van der Waals surface area (Å²) < 4.78 is 26.9. The molecule has 1 aliphatic rings. The lowest BCUT2D eigenvalue weighted by atomic mass is 10.2. The van der Waals surface area contributed by atoms with Crippen molar-refractivity contribution in [1.82, 2.24) is 9.62 Å². The molecule has 1 fully saturated rings. The predicted molar refractivity (Wildman–Crippen MR) is 127 cm³/mol. The number of benzene rings is 1. The Labute approximate surface area is 191 Å². The highest BCUT2D eigenvalue weighted by atomic mass is 127. The van der Waals surface area contributed by atoms with Gasteiger partial charge in [0.1, 0.15) is 4.21 Å². The van der Waals surface area contributed by atoms with Crippen LogP contribution in [0.25, 0.3) is 0 Å². The van der Waals surface area contributed by atoms with Crippen LogP contribution in [-0.4, -0.2) is 58.5 Å². The highest BCUT2D eigenvalue weighted by Crippen LogP contribution is 2.19. The molecule has 28 heavy (non-hydrogen) atoms. The first kappa shape index (κ1) is 23.2. The van der Waals surface area contributed by atoms with Crippen molar-refractivity contribution in [3.8, 4) is 0 Å². The van der Waals surface area contributed by atoms with E-state index in [0.29, 0.717) is 16.7 Å². The second-order valence-corrected chi connectivity index (χ2v) is 9.40. The van der Waals surface area contributed by atoms with E-state index in [2.05, 4.69) is 14.6 Å². The standard InChI is InChI=1S/C17H22ClN5O2S2.HI/c18-14-3-5-15(6-4-14)22-9-11-23(12-10-22)17(19)20-7-8-21-27(24,25)16-2-1-13-26-16;/h1-6,13,21H,7-12H2,(H2,19,20);1H. The van der Waals surface area contributed by atoms with E-state index in [1.54, 1.807) is 17.5 Å². The first-order chi connectivity index (χ1) is 13.0. The first-order valence-corrected chi connectivity index (χ1v) is 11.3. The Morgan fingerprint density at radius 1 is 1.18 bits per heavy atom. The van der Waals surface area contributed by atoms with Crippen LogP contribution in [0.15, 0.2) is 51.0 Å². The molecule has 0 atom stereocenters. The Morgan fingerprint density at radius 3 is 2.46 bits per heavy atom. The summed E-state index contributed by atoms with van der Waals surface area (Å²) in [4.78, 5) is 8.59. The number of rotatable bonds is 6. The van der Waals surface area contributed by atoms with Crippen LogP contribution in [0.3, 0.4) is 0 Å². The smallest absolute Gasteiger partial charge is 0.250 e. The number of thiophene rings is 1. The molecule has 2 heterocycles. The lowest BCUT2D eigenvalue weighted by Gasteiger charge is -2.36. The molecule has 1 aromatic carbocycles. The van der Waals surface area contributed by atoms with Crippen LogP contribution in [0.1, 0.15) is 0 Å². The van der Waals surface area contributed by atoms with Crippen LogP contribution in [0, 0.1) is 0 Å². The van der Waals surface area contributed by atoms with E-state index >= 15 is 0 Å². The topological polar surface area (TPSA) is 91.0 Å². The molecule has 3 N–H and O–H groups in total. The summed E-state index contributed by atoms with van der Waals surface area (Å²) in [5.74, 6) is 0.445. The maximum atomic E-state index is 12.0. The van der Waals surface area contributed by atoms with Gasteiger partial charge in [0.25, 0.3) is 0 Å². The largest absolute Gasteiger partial charge is 0.370 e. The summed E-state index contributed by atoms with van der Waals surface area (Å²) in [5, 5.41) is 2.46. The molecule has 0 amide bonds. The third kappa shape index (κ3) is 6.21. The van der Waals surface area contributed by atoms with Crippen LogP contribution in [-0.2, 0) is 10.0 Å². The van der Waals surface area contributed by atoms with E-state index in [1.165, 1.54) is 11.3 Å². The molecule has 3 rings (SSSR count). The number of nitrogens with one attached hydrogen (secondary N) is 1. The minimum atomic E-state index is -3.45. The molecule has 0 bridgehead atoms. The van der Waals surface area contributed by atoms with Gasteiger partial charge in [0.2, 0.25) is 10.0 Å². The summed E-state index contributed by atoms with van der Waals surface area (Å²) in [5.41, 5.74) is 7.20. The zero-order chi connectivity index (χ0) is 19.3. The average Bonchev–Trinajstić information content (AvgIpc) is 3.22. The highest BCUT2D eigenvalue weighted by Gasteiger charge is 2.19. The van der Waals surface area contributed by atoms with Crippen LogP contribution in [0.4, 0.5) is 5.69 Å². The number of anilines is 1. The van der Waals surface area contributed by atoms with Gasteiger partial charge in [-0.2, -0.15) is 0 Å². The monoisotopic (exact) mass is 555 g/mol. The second kappa shape index (κ2) is 10.6. The molecule has 1 aromatic heterocycles. The van der Waals surface area contributed by atoms with Crippen molar-refractivity contribution in [1.29, 1.82) is 0 Å². The van der Waals surface area contributed by atoms with Gasteiger partial charge in [-0.1, -0.05) is 17.7 Å². The number of nitrogens with two attached hydrogens (primary N) is 1. The molecule has 0 radical (unpaired) electrons. The van der Waals surface area contributed by atoms with Crippen molar-refractivity contribution in [2.75, 3.05) is 44.2 Å². The molecule has 0 unspecified atom stereocenters. The number of aliphatic imine (C=N–C) groups is 1. The summed E-state index contributed by atoms with van der Waals surface area (Å²) in [6.07, 6.45) is 0. The number of guanidine groups is 1. The Balaban J connectivity index is 0.00000280. The van der Waals surface area contributed by atoms with Gasteiger partial charge in [0, 0.05) is 43.4 Å². The van der Waals surface area contributed by atoms with Crippen molar-refractivity contribution >= 4 is 68.6 Å². The number of nitrogens with zero attached hydrogens (tertiary/aromatic N) is 3. The maximum Gasteiger partial charge on any atom is 0.250 e. The first-order valence-electron chi connectivity index (χ1n) is 8.54. The van der Waals surface area contributed by atoms with Gasteiger partial charge >= 0.3 is 0 Å². The average molecular weight is 556 g/mol. The normalized spacial score (nSPS) is 15.4. The Morgan fingerprint density at radius 2 is 1.86 bits per heavy atom. The number of piperazine rings is 1. The van der Waals surface area contributed by atoms with Crippen LogP contribution < -0.4 is 15.4 Å². The Hall–Kier alpha value is -1.08. The van der Waals surface area contributed by atoms with Gasteiger partial charge in [-0.25, -0.2) is 13.1 Å². The predicted octanol–water partition coefficient (Wildman–Crippen LogP) is 2.43. The van der Waals surface area contributed by atoms with E-state index in [4.69, 9.17) is 17.3 Å². The van der Waals surface area contributed by atoms with Crippen molar-refractivity contribution in [3.63, 3.8) is 0 Å². The quantitative estimate of drug-likeness (QED) is 0.247. The third-order valence-electron chi connectivity index (χ3n) is 4.23. The van der Waals surface area contributed by atoms with Crippen LogP contribution in [0.5, 0.6) is 0 Å². The van der Waals surface area contributed by atoms with E-state index in [1.807, 2.05) is 29.2 Å². The van der Waals surface area contributed by atoms with Gasteiger partial charge in [0.15, 0.2) is 5.96 Å². The Kier molecular flexibility index (Phi) is 8.81. The minimum absolute atomic E-state index is 0. The molecule has 0 aliphatic carbocycles. The number of halogens is 2. The van der Waals surface area contributed by atoms with Gasteiger partial charge in [0.05, 0.1) is 6.54 Å². The van der Waals surface area contributed by atoms with Gasteiger partial charge in [-0.05, 0) is 35.7 Å². The van der Waals surface area contributed by atoms with E-state index in [0.717, 1.165) is 36.9 Å². The maximum absolute atomic E-state index is 12.0. The molecule has 0 spiro atoms. The Bertz CT molecular complexity index is 867. The van der Waals surface area contributed by atoms with Crippen molar-refractivity contribution in [2.45, 2.75) is 4.21 Å². The summed E-state index contributed by atoms with van der Waals surface area (Å²) >= 11 is 7.12. The fourth-order valence-corrected chi connectivity index (χ4v) is 4.97. The lowest BCUT2D eigenvalue weighted by molar-refractivity contribution is 0.381. The SMILES string of the molecule is I.NC(=NCCNS(=O)(=O)c1cccs1)N1CCN(c2ccc(Cl)cc2)CC1. The van der Waals surface area contributed by atoms with E-state index in [-0.39, 0.29) is 30.5 Å². The zero-order valence-corrected chi connectivity index (χ0v) is 19.8. The molecule has 11 heteroatoms. The van der Waals surface area contributed by atoms with E-state index < -0.39 is 10.0 Å². The van der Waals surface area contributed by atoms with Crippen molar-refractivity contribution in [3.05, 3.63) is 46.8 Å². The molecule has 1 aliphatic heterocycles. The van der Waals surface area contributed by atoms with Gasteiger partial charge in [-0.3, -0.25) is 4.99 Å². The minimum Gasteiger partial charge on any atom is -0.370 e. The molecular formula is C17H23ClIN5O2S2. The zero-order valence-electron chi connectivity index (χ0n) is 15.1. The highest BCUT2D eigenvalue weighted by molar-refractivity contribution is 14.0. The third-order valence-corrected chi connectivity index (χ3v) is 7.34. The number of hydrogen-bond acceptors (Lipinski definition) is 5. The molecule has 0 saturated carbocycles. The lowest BCUT2D eigenvalue weighted by Crippen LogP contribution is -2.51. The van der Waals surface area contributed by atoms with E-state index in [9.17, 15) is 8.42 Å². The summed E-state index contributed by atoms with van der Waals surface area (Å²) in [6.45, 7) is 3.71. The fourth-order valence-electron chi connectivity index (χ4n) is 2.78. The summed E-state index contributed by atoms with van der Waals surface area (Å²) in [7, 11) is -3.45. The molecule has 7 nitrogen and oxygen atoms in total.